The van der Waals surface area contributed by atoms with Crippen molar-refractivity contribution in [1.82, 2.24) is 49.8 Å². The van der Waals surface area contributed by atoms with E-state index in [1.54, 1.807) is 12.2 Å². The van der Waals surface area contributed by atoms with Crippen molar-refractivity contribution in [3.63, 3.8) is 0 Å². The summed E-state index contributed by atoms with van der Waals surface area (Å²) in [6, 6.07) is 45.8. The van der Waals surface area contributed by atoms with Crippen LogP contribution in [0.1, 0.15) is 45.8 Å². The Morgan fingerprint density at radius 2 is 0.538 bits per heavy atom. The normalized spacial score (nSPS) is 12.6. The third-order valence-electron chi connectivity index (χ3n) is 14.6. The molecule has 78 heavy (non-hydrogen) atoms. The van der Waals surface area contributed by atoms with Gasteiger partial charge in [0.25, 0.3) is 0 Å². The molecule has 0 amide bonds. The Morgan fingerprint density at radius 1 is 0.244 bits per heavy atom. The monoisotopic (exact) mass is 1010 g/mol. The summed E-state index contributed by atoms with van der Waals surface area (Å²) >= 11 is 0. The highest BCUT2D eigenvalue weighted by atomic mass is 16.3. The maximum absolute atomic E-state index is 11.9. The minimum absolute atomic E-state index is 0.0689. The molecule has 14 heteroatoms. The first-order valence-electron chi connectivity index (χ1n) is 25.2. The second kappa shape index (κ2) is 17.2. The zero-order chi connectivity index (χ0) is 52.2. The van der Waals surface area contributed by atoms with Crippen LogP contribution >= 0.6 is 0 Å². The number of aromatic hydroxyl groups is 4. The highest BCUT2D eigenvalue weighted by molar-refractivity contribution is 6.03. The molecule has 4 aliphatic rings. The van der Waals surface area contributed by atoms with Gasteiger partial charge < -0.3 is 40.4 Å². The molecule has 11 aromatic rings. The van der Waals surface area contributed by atoms with Crippen molar-refractivity contribution in [3.8, 4) is 45.3 Å². The molecule has 0 saturated carbocycles. The summed E-state index contributed by atoms with van der Waals surface area (Å²) in [5.41, 5.74) is 12.1. The minimum atomic E-state index is 0.0689. The standard InChI is InChI=1S/C64H40N10O4/c75-61-35-5-1-9-39(61)47-25-29-55(69-47)73-56-30-26-48(70-56)40-10-2-6-36(62(40)76)44-18-22-52(66-44)59(51-21-17-43(35)65-51)33-13-15-34(16-14-33)60-53-23-19-45(67-53)37-7-3-11-41(63(37)77)49-27-31-57(71-49)74-58-32-28-50(72-58)42-12-4-8-38(64(42)78)46-20-24-54(60)68-46/h1-32,65,67,70,72,75-78H. The molecular formula is C64H40N10O4. The Labute approximate surface area is 441 Å². The van der Waals surface area contributed by atoms with E-state index in [-0.39, 0.29) is 23.0 Å². The second-order valence-electron chi connectivity index (χ2n) is 19.3. The first-order valence-corrected chi connectivity index (χ1v) is 25.2. The fraction of sp³-hybridized carbons (Fsp3) is 0. The lowest BCUT2D eigenvalue weighted by Gasteiger charge is -2.08. The van der Waals surface area contributed by atoms with E-state index in [2.05, 4.69) is 19.9 Å². The number of hydrogen-bond acceptors (Lipinski definition) is 10. The lowest BCUT2D eigenvalue weighted by molar-refractivity contribution is 0.486. The molecule has 370 valence electrons. The van der Waals surface area contributed by atoms with Crippen LogP contribution in [0.25, 0.3) is 158 Å². The quantitative estimate of drug-likeness (QED) is 0.0818. The van der Waals surface area contributed by atoms with Crippen LogP contribution in [0.3, 0.4) is 0 Å². The maximum Gasteiger partial charge on any atom is 0.155 e. The van der Waals surface area contributed by atoms with E-state index in [0.29, 0.717) is 122 Å². The van der Waals surface area contributed by atoms with Crippen molar-refractivity contribution in [1.29, 1.82) is 0 Å². The molecule has 24 bridgehead atoms. The van der Waals surface area contributed by atoms with Gasteiger partial charge in [0, 0.05) is 76.3 Å². The van der Waals surface area contributed by atoms with Gasteiger partial charge in [-0.1, -0.05) is 48.5 Å². The number of fused-ring (bicyclic) bond motifs is 32. The SMILES string of the molecule is Oc1c2cccc1c1ccc(nc3nc(c4cccc(c4O)c4ccc([nH]4)c(-c4ccc(-c5c6nc(c7cccc(c7O)c7ccc(nc8nc(c9cccc(c9O)c9ccc5[nH]9)C=C8)[nH]7)C=C6)cc4)c4nc2C=C4)C=C3)[nH]1. The Bertz CT molecular complexity index is 4720. The van der Waals surface area contributed by atoms with Gasteiger partial charge >= 0.3 is 0 Å². The largest absolute Gasteiger partial charge is 0.507 e. The van der Waals surface area contributed by atoms with Gasteiger partial charge in [-0.25, -0.2) is 29.9 Å². The van der Waals surface area contributed by atoms with Crippen LogP contribution in [0.2, 0.25) is 0 Å². The molecule has 0 spiro atoms. The summed E-state index contributed by atoms with van der Waals surface area (Å²) in [5.74, 6) is 1.21. The zero-order valence-electron chi connectivity index (χ0n) is 40.9. The lowest BCUT2D eigenvalue weighted by atomic mass is 9.98. The number of nitrogens with zero attached hydrogens (tertiary/aromatic N) is 6. The zero-order valence-corrected chi connectivity index (χ0v) is 40.9. The minimum Gasteiger partial charge on any atom is -0.507 e. The van der Waals surface area contributed by atoms with Crippen LogP contribution in [0, 0.1) is 0 Å². The first-order chi connectivity index (χ1) is 38.2. The first kappa shape index (κ1) is 44.4. The van der Waals surface area contributed by atoms with E-state index in [1.165, 1.54) is 0 Å². The molecule has 10 heterocycles. The third-order valence-corrected chi connectivity index (χ3v) is 14.6. The highest BCUT2D eigenvalue weighted by Crippen LogP contribution is 2.40. The van der Waals surface area contributed by atoms with Crippen LogP contribution < -0.4 is 0 Å². The Balaban J connectivity index is 0.974. The predicted molar refractivity (Wildman–Crippen MR) is 312 cm³/mol. The number of nitrogens with one attached hydrogen (secondary N) is 4. The maximum atomic E-state index is 11.9. The fourth-order valence-corrected chi connectivity index (χ4v) is 10.8. The van der Waals surface area contributed by atoms with Crippen molar-refractivity contribution < 1.29 is 20.4 Å². The number of phenolic OH excluding ortho intramolecular Hbond substituents is 4. The van der Waals surface area contributed by atoms with Crippen molar-refractivity contribution >= 4 is 136 Å². The van der Waals surface area contributed by atoms with Gasteiger partial charge in [-0.3, -0.25) is 0 Å². The summed E-state index contributed by atoms with van der Waals surface area (Å²) in [4.78, 5) is 43.2. The molecule has 15 rings (SSSR count). The van der Waals surface area contributed by atoms with Gasteiger partial charge in [0.1, 0.15) is 34.3 Å². The number of rotatable bonds is 2. The molecule has 6 aromatic heterocycles. The lowest BCUT2D eigenvalue weighted by Crippen LogP contribution is -1.89. The molecule has 14 nitrogen and oxygen atoms in total. The molecule has 0 fully saturated rings. The van der Waals surface area contributed by atoms with Crippen LogP contribution in [0.5, 0.6) is 23.0 Å². The van der Waals surface area contributed by atoms with Gasteiger partial charge in [-0.2, -0.15) is 0 Å². The van der Waals surface area contributed by atoms with Gasteiger partial charge in [0.05, 0.1) is 45.2 Å². The van der Waals surface area contributed by atoms with Gasteiger partial charge in [-0.15, -0.1) is 0 Å². The molecule has 0 atom stereocenters. The van der Waals surface area contributed by atoms with E-state index in [4.69, 9.17) is 29.9 Å². The number of hydrogen-bond donors (Lipinski definition) is 8. The summed E-state index contributed by atoms with van der Waals surface area (Å²) in [6.45, 7) is 0. The number of benzene rings is 5. The van der Waals surface area contributed by atoms with Crippen LogP contribution in [0.4, 0.5) is 0 Å². The number of aromatic nitrogens is 10. The average Bonchev–Trinajstić information content (AvgIpc) is 4.31. The summed E-state index contributed by atoms with van der Waals surface area (Å²) < 4.78 is 0. The Morgan fingerprint density at radius 3 is 0.923 bits per heavy atom. The number of aromatic amines is 4. The van der Waals surface area contributed by atoms with E-state index in [1.807, 2.05) is 182 Å². The van der Waals surface area contributed by atoms with E-state index >= 15 is 0 Å². The number of phenols is 4. The molecule has 0 aliphatic carbocycles. The molecular weight excluding hydrogens is 973 g/mol. The number of H-pyrrole nitrogens is 4. The van der Waals surface area contributed by atoms with Crippen molar-refractivity contribution in [2.24, 2.45) is 0 Å². The van der Waals surface area contributed by atoms with E-state index in [9.17, 15) is 20.4 Å². The molecule has 8 N–H and O–H groups in total. The summed E-state index contributed by atoms with van der Waals surface area (Å²) in [5, 5.41) is 52.1. The molecule has 0 unspecified atom stereocenters. The van der Waals surface area contributed by atoms with Crippen LogP contribution in [-0.2, 0) is 0 Å². The topological polar surface area (TPSA) is 221 Å². The van der Waals surface area contributed by atoms with Gasteiger partial charge in [-0.05, 0) is 157 Å². The third kappa shape index (κ3) is 7.27. The Hall–Kier alpha value is -11.1. The molecule has 0 radical (unpaired) electrons. The summed E-state index contributed by atoms with van der Waals surface area (Å²) in [6.07, 6.45) is 15.0. The van der Waals surface area contributed by atoms with Crippen LogP contribution in [0.15, 0.2) is 146 Å². The average molecular weight is 1010 g/mol. The smallest absolute Gasteiger partial charge is 0.155 e. The number of para-hydroxylation sites is 4. The van der Waals surface area contributed by atoms with Gasteiger partial charge in [0.15, 0.2) is 11.6 Å². The second-order valence-corrected chi connectivity index (χ2v) is 19.3. The van der Waals surface area contributed by atoms with Crippen molar-refractivity contribution in [3.05, 3.63) is 191 Å². The molecule has 4 aliphatic heterocycles. The van der Waals surface area contributed by atoms with Crippen LogP contribution in [-0.4, -0.2) is 70.3 Å². The molecule has 0 saturated heterocycles. The van der Waals surface area contributed by atoms with Crippen molar-refractivity contribution in [2.75, 3.05) is 0 Å². The fourth-order valence-electron chi connectivity index (χ4n) is 10.8. The highest BCUT2D eigenvalue weighted by Gasteiger charge is 2.19. The van der Waals surface area contributed by atoms with E-state index < -0.39 is 0 Å². The molecule has 5 aromatic carbocycles. The Kier molecular flexibility index (Phi) is 9.80. The van der Waals surface area contributed by atoms with Crippen molar-refractivity contribution in [2.45, 2.75) is 0 Å². The van der Waals surface area contributed by atoms with E-state index in [0.717, 1.165) is 33.3 Å². The summed E-state index contributed by atoms with van der Waals surface area (Å²) in [7, 11) is 0. The van der Waals surface area contributed by atoms with Gasteiger partial charge in [0.2, 0.25) is 0 Å². The predicted octanol–water partition coefficient (Wildman–Crippen LogP) is 14.3.